The third-order valence-electron chi connectivity index (χ3n) is 5.02. The molecule has 0 radical (unpaired) electrons. The maximum Gasteiger partial charge on any atom is 0.255 e. The molecular formula is C22H24N4O3. The van der Waals surface area contributed by atoms with Crippen molar-refractivity contribution in [2.45, 2.75) is 6.92 Å². The van der Waals surface area contributed by atoms with Gasteiger partial charge in [-0.1, -0.05) is 0 Å². The van der Waals surface area contributed by atoms with Crippen LogP contribution in [0.5, 0.6) is 5.75 Å². The summed E-state index contributed by atoms with van der Waals surface area (Å²) in [6.07, 6.45) is 0. The zero-order valence-electron chi connectivity index (χ0n) is 16.6. The minimum absolute atomic E-state index is 0.168. The van der Waals surface area contributed by atoms with Gasteiger partial charge in [0.2, 0.25) is 5.95 Å². The lowest BCUT2D eigenvalue weighted by molar-refractivity contribution is 0.122. The van der Waals surface area contributed by atoms with E-state index in [9.17, 15) is 4.79 Å². The number of benzene rings is 2. The molecule has 1 saturated heterocycles. The second-order valence-corrected chi connectivity index (χ2v) is 6.89. The van der Waals surface area contributed by atoms with E-state index in [1.54, 1.807) is 14.0 Å². The molecule has 1 aliphatic rings. The highest BCUT2D eigenvalue weighted by molar-refractivity contribution is 5.66. The molecule has 0 amide bonds. The molecule has 0 bridgehead atoms. The molecular weight excluding hydrogens is 368 g/mol. The number of H-pyrrole nitrogens is 1. The highest BCUT2D eigenvalue weighted by atomic mass is 16.5. The predicted molar refractivity (Wildman–Crippen MR) is 114 cm³/mol. The van der Waals surface area contributed by atoms with E-state index in [4.69, 9.17) is 9.47 Å². The molecule has 0 atom stereocenters. The van der Waals surface area contributed by atoms with E-state index in [1.165, 1.54) is 0 Å². The zero-order chi connectivity index (χ0) is 20.2. The normalized spacial score (nSPS) is 13.9. The van der Waals surface area contributed by atoms with E-state index < -0.39 is 0 Å². The van der Waals surface area contributed by atoms with Crippen LogP contribution in [0.15, 0.2) is 53.3 Å². The van der Waals surface area contributed by atoms with Gasteiger partial charge in [-0.05, 0) is 55.5 Å². The largest absolute Gasteiger partial charge is 0.497 e. The number of hydrogen-bond donors (Lipinski definition) is 2. The average molecular weight is 392 g/mol. The number of aromatic nitrogens is 2. The van der Waals surface area contributed by atoms with Gasteiger partial charge in [-0.2, -0.15) is 0 Å². The van der Waals surface area contributed by atoms with E-state index in [-0.39, 0.29) is 5.56 Å². The van der Waals surface area contributed by atoms with Gasteiger partial charge in [0.15, 0.2) is 0 Å². The van der Waals surface area contributed by atoms with Crippen LogP contribution in [0, 0.1) is 6.92 Å². The van der Waals surface area contributed by atoms with Gasteiger partial charge in [-0.15, -0.1) is 0 Å². The molecule has 4 rings (SSSR count). The summed E-state index contributed by atoms with van der Waals surface area (Å²) in [6, 6.07) is 15.6. The summed E-state index contributed by atoms with van der Waals surface area (Å²) in [6.45, 7) is 5.06. The van der Waals surface area contributed by atoms with Crippen molar-refractivity contribution in [3.63, 3.8) is 0 Å². The van der Waals surface area contributed by atoms with Crippen molar-refractivity contribution in [3.05, 3.63) is 64.4 Å². The van der Waals surface area contributed by atoms with Gasteiger partial charge in [-0.3, -0.25) is 9.78 Å². The number of hydrogen-bond acceptors (Lipinski definition) is 6. The minimum atomic E-state index is -0.168. The fourth-order valence-corrected chi connectivity index (χ4v) is 3.34. The van der Waals surface area contributed by atoms with Gasteiger partial charge in [0, 0.05) is 35.6 Å². The number of morpholine rings is 1. The molecule has 3 aromatic rings. The number of ether oxygens (including phenoxy) is 2. The van der Waals surface area contributed by atoms with Crippen molar-refractivity contribution >= 4 is 17.3 Å². The van der Waals surface area contributed by atoms with Crippen LogP contribution in [0.25, 0.3) is 11.3 Å². The molecule has 0 aliphatic carbocycles. The van der Waals surface area contributed by atoms with Crippen LogP contribution in [0.4, 0.5) is 17.3 Å². The fraction of sp³-hybridized carbons (Fsp3) is 0.273. The topological polar surface area (TPSA) is 79.5 Å². The van der Waals surface area contributed by atoms with Crippen molar-refractivity contribution in [2.75, 3.05) is 43.6 Å². The molecule has 1 aliphatic heterocycles. The number of anilines is 3. The Kier molecular flexibility index (Phi) is 5.48. The van der Waals surface area contributed by atoms with E-state index >= 15 is 0 Å². The SMILES string of the molecule is COc1ccc(-c2nc(Nc3ccc(N4CCOCC4)cc3)[nH]c(=O)c2C)cc1. The molecule has 2 heterocycles. The third-order valence-corrected chi connectivity index (χ3v) is 5.02. The van der Waals surface area contributed by atoms with Crippen molar-refractivity contribution in [2.24, 2.45) is 0 Å². The van der Waals surface area contributed by atoms with E-state index in [0.29, 0.717) is 17.2 Å². The van der Waals surface area contributed by atoms with Crippen molar-refractivity contribution in [3.8, 4) is 17.0 Å². The molecule has 29 heavy (non-hydrogen) atoms. The Bertz CT molecular complexity index is 1020. The zero-order valence-corrected chi connectivity index (χ0v) is 16.6. The quantitative estimate of drug-likeness (QED) is 0.693. The van der Waals surface area contributed by atoms with Crippen LogP contribution in [-0.2, 0) is 4.74 Å². The van der Waals surface area contributed by atoms with Gasteiger partial charge >= 0.3 is 0 Å². The molecule has 7 nitrogen and oxygen atoms in total. The summed E-state index contributed by atoms with van der Waals surface area (Å²) in [4.78, 5) is 22.2. The Morgan fingerprint density at radius 1 is 1.07 bits per heavy atom. The highest BCUT2D eigenvalue weighted by Gasteiger charge is 2.12. The summed E-state index contributed by atoms with van der Waals surface area (Å²) >= 11 is 0. The highest BCUT2D eigenvalue weighted by Crippen LogP contribution is 2.24. The summed E-state index contributed by atoms with van der Waals surface area (Å²) in [7, 11) is 1.62. The Balaban J connectivity index is 1.57. The summed E-state index contributed by atoms with van der Waals surface area (Å²) in [5.41, 5.74) is 3.92. The first kappa shape index (κ1) is 19.0. The second-order valence-electron chi connectivity index (χ2n) is 6.89. The Morgan fingerprint density at radius 3 is 2.41 bits per heavy atom. The molecule has 0 saturated carbocycles. The molecule has 0 unspecified atom stereocenters. The van der Waals surface area contributed by atoms with Gasteiger partial charge in [-0.25, -0.2) is 4.98 Å². The summed E-state index contributed by atoms with van der Waals surface area (Å²) in [5.74, 6) is 1.17. The molecule has 7 heteroatoms. The predicted octanol–water partition coefficient (Wildman–Crippen LogP) is 3.33. The molecule has 0 spiro atoms. The van der Waals surface area contributed by atoms with Gasteiger partial charge in [0.05, 0.1) is 26.0 Å². The van der Waals surface area contributed by atoms with Crippen LogP contribution in [0.1, 0.15) is 5.56 Å². The molecule has 150 valence electrons. The van der Waals surface area contributed by atoms with E-state index in [1.807, 2.05) is 36.4 Å². The first-order chi connectivity index (χ1) is 14.1. The lowest BCUT2D eigenvalue weighted by atomic mass is 10.1. The molecule has 2 N–H and O–H groups in total. The Labute approximate surface area is 169 Å². The minimum Gasteiger partial charge on any atom is -0.497 e. The third kappa shape index (κ3) is 4.25. The fourth-order valence-electron chi connectivity index (χ4n) is 3.34. The van der Waals surface area contributed by atoms with E-state index in [2.05, 4.69) is 32.3 Å². The first-order valence-electron chi connectivity index (χ1n) is 9.59. The smallest absolute Gasteiger partial charge is 0.255 e. The average Bonchev–Trinajstić information content (AvgIpc) is 2.77. The van der Waals surface area contributed by atoms with Crippen molar-refractivity contribution in [1.29, 1.82) is 0 Å². The van der Waals surface area contributed by atoms with Crippen LogP contribution in [-0.4, -0.2) is 43.4 Å². The van der Waals surface area contributed by atoms with Gasteiger partial charge in [0.1, 0.15) is 5.75 Å². The molecule has 2 aromatic carbocycles. The first-order valence-corrected chi connectivity index (χ1v) is 9.59. The second kappa shape index (κ2) is 8.36. The Hall–Kier alpha value is -3.32. The number of nitrogens with one attached hydrogen (secondary N) is 2. The van der Waals surface area contributed by atoms with Crippen LogP contribution < -0.4 is 20.5 Å². The standard InChI is InChI=1S/C22H24N4O3/c1-15-20(16-3-9-19(28-2)10-4-16)24-22(25-21(15)27)23-17-5-7-18(8-6-17)26-11-13-29-14-12-26/h3-10H,11-14H2,1-2H3,(H2,23,24,25,27). The van der Waals surface area contributed by atoms with Crippen molar-refractivity contribution in [1.82, 2.24) is 9.97 Å². The monoisotopic (exact) mass is 392 g/mol. The lowest BCUT2D eigenvalue weighted by Crippen LogP contribution is -2.36. The number of nitrogens with zero attached hydrogens (tertiary/aromatic N) is 2. The van der Waals surface area contributed by atoms with Gasteiger partial charge < -0.3 is 19.7 Å². The summed E-state index contributed by atoms with van der Waals surface area (Å²) < 4.78 is 10.6. The molecule has 1 fully saturated rings. The maximum atomic E-state index is 12.4. The van der Waals surface area contributed by atoms with Crippen molar-refractivity contribution < 1.29 is 9.47 Å². The number of methoxy groups -OCH3 is 1. The van der Waals surface area contributed by atoms with Gasteiger partial charge in [0.25, 0.3) is 5.56 Å². The molecule has 1 aromatic heterocycles. The van der Waals surface area contributed by atoms with Crippen LogP contribution >= 0.6 is 0 Å². The number of aromatic amines is 1. The lowest BCUT2D eigenvalue weighted by Gasteiger charge is -2.28. The summed E-state index contributed by atoms with van der Waals surface area (Å²) in [5, 5.41) is 3.20. The Morgan fingerprint density at radius 2 is 1.76 bits per heavy atom. The van der Waals surface area contributed by atoms with E-state index in [0.717, 1.165) is 49.0 Å². The van der Waals surface area contributed by atoms with Crippen LogP contribution in [0.3, 0.4) is 0 Å². The number of rotatable bonds is 5. The maximum absolute atomic E-state index is 12.4. The van der Waals surface area contributed by atoms with Crippen LogP contribution in [0.2, 0.25) is 0 Å².